The summed E-state index contributed by atoms with van der Waals surface area (Å²) in [7, 11) is 0. The van der Waals surface area contributed by atoms with Gasteiger partial charge in [0.2, 0.25) is 5.88 Å². The van der Waals surface area contributed by atoms with Crippen LogP contribution in [0.5, 0.6) is 5.88 Å². The van der Waals surface area contributed by atoms with Crippen molar-refractivity contribution in [2.75, 3.05) is 6.61 Å². The van der Waals surface area contributed by atoms with E-state index in [0.29, 0.717) is 12.5 Å². The first-order valence-electron chi connectivity index (χ1n) is 6.55. The lowest BCUT2D eigenvalue weighted by Crippen LogP contribution is -2.02. The van der Waals surface area contributed by atoms with Crippen LogP contribution in [0.25, 0.3) is 5.82 Å². The summed E-state index contributed by atoms with van der Waals surface area (Å²) in [5, 5.41) is 4.44. The minimum Gasteiger partial charge on any atom is -0.476 e. The molecule has 0 radical (unpaired) electrons. The number of halogens is 1. The van der Waals surface area contributed by atoms with Crippen molar-refractivity contribution in [1.29, 1.82) is 0 Å². The van der Waals surface area contributed by atoms with Gasteiger partial charge < -0.3 is 4.74 Å². The Morgan fingerprint density at radius 1 is 1.42 bits per heavy atom. The van der Waals surface area contributed by atoms with Crippen LogP contribution in [0.2, 0.25) is 0 Å². The number of pyridine rings is 1. The minimum atomic E-state index is 0.600. The smallest absolute Gasteiger partial charge is 0.248 e. The highest BCUT2D eigenvalue weighted by Gasteiger charge is 2.24. The van der Waals surface area contributed by atoms with Crippen molar-refractivity contribution in [3.8, 4) is 11.7 Å². The van der Waals surface area contributed by atoms with Crippen molar-refractivity contribution < 1.29 is 4.74 Å². The van der Waals surface area contributed by atoms with Crippen molar-refractivity contribution in [1.82, 2.24) is 14.8 Å². The Hall–Kier alpha value is -1.36. The van der Waals surface area contributed by atoms with Crippen LogP contribution in [0, 0.1) is 6.92 Å². The highest BCUT2D eigenvalue weighted by molar-refractivity contribution is 9.10. The zero-order chi connectivity index (χ0) is 13.4. The van der Waals surface area contributed by atoms with Gasteiger partial charge in [-0.3, -0.25) is 0 Å². The van der Waals surface area contributed by atoms with Gasteiger partial charge in [-0.2, -0.15) is 0 Å². The lowest BCUT2D eigenvalue weighted by molar-refractivity contribution is 0.322. The van der Waals surface area contributed by atoms with Crippen LogP contribution < -0.4 is 4.74 Å². The third kappa shape index (κ3) is 2.39. The molecule has 0 amide bonds. The molecule has 0 aromatic carbocycles. The van der Waals surface area contributed by atoms with Crippen LogP contribution in [0.1, 0.15) is 36.9 Å². The first-order chi connectivity index (χ1) is 9.20. The second kappa shape index (κ2) is 4.96. The zero-order valence-corrected chi connectivity index (χ0v) is 12.6. The minimum absolute atomic E-state index is 0.600. The van der Waals surface area contributed by atoms with Gasteiger partial charge >= 0.3 is 0 Å². The molecule has 4 nitrogen and oxygen atoms in total. The second-order valence-corrected chi connectivity index (χ2v) is 5.57. The average Bonchev–Trinajstić information content (AvgIpc) is 3.23. The highest BCUT2D eigenvalue weighted by Crippen LogP contribution is 2.39. The van der Waals surface area contributed by atoms with E-state index in [9.17, 15) is 0 Å². The Morgan fingerprint density at radius 2 is 2.21 bits per heavy atom. The maximum atomic E-state index is 5.48. The van der Waals surface area contributed by atoms with E-state index in [2.05, 4.69) is 32.1 Å². The van der Waals surface area contributed by atoms with Gasteiger partial charge in [-0.05, 0) is 60.2 Å². The molecule has 0 N–H and O–H groups in total. The first-order valence-corrected chi connectivity index (χ1v) is 7.34. The summed E-state index contributed by atoms with van der Waals surface area (Å²) >= 11 is 3.51. The van der Waals surface area contributed by atoms with Crippen LogP contribution in [0.3, 0.4) is 0 Å². The topological polar surface area (TPSA) is 39.9 Å². The fourth-order valence-electron chi connectivity index (χ4n) is 2.09. The Balaban J connectivity index is 1.94. The fourth-order valence-corrected chi connectivity index (χ4v) is 2.45. The Bertz CT molecular complexity index is 587. The van der Waals surface area contributed by atoms with Crippen LogP contribution in [0.15, 0.2) is 22.8 Å². The summed E-state index contributed by atoms with van der Waals surface area (Å²) < 4.78 is 8.19. The van der Waals surface area contributed by atoms with Crippen molar-refractivity contribution in [3.63, 3.8) is 0 Å². The summed E-state index contributed by atoms with van der Waals surface area (Å²) in [5.41, 5.74) is 2.33. The van der Waals surface area contributed by atoms with Gasteiger partial charge in [0.25, 0.3) is 0 Å². The normalized spacial score (nSPS) is 14.7. The Morgan fingerprint density at radius 3 is 2.79 bits per heavy atom. The van der Waals surface area contributed by atoms with Crippen molar-refractivity contribution in [2.45, 2.75) is 32.6 Å². The van der Waals surface area contributed by atoms with Gasteiger partial charge in [0, 0.05) is 6.20 Å². The standard InChI is InChI=1S/C14H16BrN3O/c1-3-19-14-13(15)9(2)18(17-14)12-7-6-11(8-16-12)10-4-5-10/h6-8,10H,3-5H2,1-2H3. The third-order valence-electron chi connectivity index (χ3n) is 3.33. The molecule has 0 atom stereocenters. The molecular weight excluding hydrogens is 306 g/mol. The molecule has 2 aromatic heterocycles. The predicted molar refractivity (Wildman–Crippen MR) is 76.9 cm³/mol. The quantitative estimate of drug-likeness (QED) is 0.863. The number of rotatable bonds is 4. The molecular formula is C14H16BrN3O. The van der Waals surface area contributed by atoms with Gasteiger partial charge in [0.1, 0.15) is 4.47 Å². The number of ether oxygens (including phenoxy) is 1. The summed E-state index contributed by atoms with van der Waals surface area (Å²) in [6.45, 7) is 4.54. The molecule has 3 rings (SSSR count). The van der Waals surface area contributed by atoms with E-state index in [0.717, 1.165) is 21.9 Å². The van der Waals surface area contributed by atoms with Gasteiger partial charge in [-0.15, -0.1) is 5.10 Å². The van der Waals surface area contributed by atoms with E-state index in [4.69, 9.17) is 4.74 Å². The zero-order valence-electron chi connectivity index (χ0n) is 11.1. The Kier molecular flexibility index (Phi) is 3.31. The van der Waals surface area contributed by atoms with E-state index in [1.54, 1.807) is 0 Å². The lowest BCUT2D eigenvalue weighted by atomic mass is 10.2. The van der Waals surface area contributed by atoms with Crippen LogP contribution in [0.4, 0.5) is 0 Å². The Labute approximate surface area is 120 Å². The number of hydrogen-bond acceptors (Lipinski definition) is 3. The summed E-state index contributed by atoms with van der Waals surface area (Å²) in [6, 6.07) is 4.17. The van der Waals surface area contributed by atoms with Crippen molar-refractivity contribution in [3.05, 3.63) is 34.1 Å². The van der Waals surface area contributed by atoms with Gasteiger partial charge in [0.15, 0.2) is 5.82 Å². The van der Waals surface area contributed by atoms with Crippen LogP contribution in [-0.2, 0) is 0 Å². The van der Waals surface area contributed by atoms with E-state index in [1.165, 1.54) is 18.4 Å². The molecule has 0 aliphatic heterocycles. The maximum Gasteiger partial charge on any atom is 0.248 e. The SMILES string of the molecule is CCOc1nn(-c2ccc(C3CC3)cn2)c(C)c1Br. The summed E-state index contributed by atoms with van der Waals surface area (Å²) in [4.78, 5) is 4.51. The molecule has 1 aliphatic carbocycles. The number of hydrogen-bond donors (Lipinski definition) is 0. The largest absolute Gasteiger partial charge is 0.476 e. The monoisotopic (exact) mass is 321 g/mol. The average molecular weight is 322 g/mol. The van der Waals surface area contributed by atoms with E-state index in [-0.39, 0.29) is 0 Å². The molecule has 100 valence electrons. The van der Waals surface area contributed by atoms with Crippen LogP contribution >= 0.6 is 15.9 Å². The molecule has 0 bridgehead atoms. The summed E-state index contributed by atoms with van der Waals surface area (Å²) in [6.07, 6.45) is 4.55. The molecule has 1 fully saturated rings. The van der Waals surface area contributed by atoms with E-state index >= 15 is 0 Å². The van der Waals surface area contributed by atoms with E-state index < -0.39 is 0 Å². The third-order valence-corrected chi connectivity index (χ3v) is 4.24. The second-order valence-electron chi connectivity index (χ2n) is 4.77. The number of nitrogens with zero attached hydrogens (tertiary/aromatic N) is 3. The lowest BCUT2D eigenvalue weighted by Gasteiger charge is -2.04. The van der Waals surface area contributed by atoms with Crippen molar-refractivity contribution in [2.24, 2.45) is 0 Å². The molecule has 0 spiro atoms. The highest BCUT2D eigenvalue weighted by atomic mass is 79.9. The molecule has 5 heteroatoms. The molecule has 0 unspecified atom stereocenters. The van der Waals surface area contributed by atoms with Gasteiger partial charge in [0.05, 0.1) is 12.3 Å². The van der Waals surface area contributed by atoms with Crippen molar-refractivity contribution >= 4 is 15.9 Å². The molecule has 2 aromatic rings. The first kappa shape index (κ1) is 12.7. The summed E-state index contributed by atoms with van der Waals surface area (Å²) in [5.74, 6) is 2.17. The van der Waals surface area contributed by atoms with Crippen LogP contribution in [-0.4, -0.2) is 21.4 Å². The number of aromatic nitrogens is 3. The molecule has 1 saturated carbocycles. The molecule has 19 heavy (non-hydrogen) atoms. The van der Waals surface area contributed by atoms with Gasteiger partial charge in [-0.25, -0.2) is 9.67 Å². The molecule has 0 saturated heterocycles. The predicted octanol–water partition coefficient (Wildman–Crippen LogP) is 3.61. The van der Waals surface area contributed by atoms with E-state index in [1.807, 2.05) is 30.8 Å². The molecule has 1 aliphatic rings. The molecule has 2 heterocycles. The van der Waals surface area contributed by atoms with Gasteiger partial charge in [-0.1, -0.05) is 6.07 Å². The maximum absolute atomic E-state index is 5.48. The fraction of sp³-hybridized carbons (Fsp3) is 0.429.